The summed E-state index contributed by atoms with van der Waals surface area (Å²) in [6.45, 7) is 1.71. The molecule has 3 aromatic rings. The van der Waals surface area contributed by atoms with Crippen molar-refractivity contribution in [3.63, 3.8) is 0 Å². The molecule has 0 radical (unpaired) electrons. The van der Waals surface area contributed by atoms with Gasteiger partial charge in [0, 0.05) is 5.92 Å². The summed E-state index contributed by atoms with van der Waals surface area (Å²) in [5, 5.41) is 20.5. The zero-order chi connectivity index (χ0) is 23.4. The van der Waals surface area contributed by atoms with Crippen LogP contribution in [0.3, 0.4) is 0 Å². The number of alkyl carbamates (subject to hydrolysis) is 1. The zero-order valence-electron chi connectivity index (χ0n) is 17.8. The van der Waals surface area contributed by atoms with Crippen LogP contribution in [0.1, 0.15) is 42.3 Å². The average molecular weight is 449 g/mol. The van der Waals surface area contributed by atoms with Crippen LogP contribution in [0.2, 0.25) is 0 Å². The number of carboxylic acids is 1. The van der Waals surface area contributed by atoms with Gasteiger partial charge in [0.05, 0.1) is 12.5 Å². The quantitative estimate of drug-likeness (QED) is 0.413. The maximum atomic E-state index is 12.6. The number of rotatable bonds is 8. The van der Waals surface area contributed by atoms with E-state index in [1.54, 1.807) is 6.92 Å². The van der Waals surface area contributed by atoms with Crippen molar-refractivity contribution in [2.75, 3.05) is 6.61 Å². The van der Waals surface area contributed by atoms with Gasteiger partial charge in [-0.15, -0.1) is 0 Å². The van der Waals surface area contributed by atoms with Crippen LogP contribution >= 0.6 is 0 Å². The average Bonchev–Trinajstić information content (AvgIpc) is 3.44. The third kappa shape index (κ3) is 4.84. The van der Waals surface area contributed by atoms with E-state index in [1.165, 1.54) is 6.33 Å². The fraction of sp³-hybridized carbons (Fsp3) is 0.261. The lowest BCUT2D eigenvalue weighted by molar-refractivity contribution is -0.140. The van der Waals surface area contributed by atoms with Crippen LogP contribution in [0.5, 0.6) is 0 Å². The first kappa shape index (κ1) is 22.0. The number of hydrogen-bond donors (Lipinski definition) is 4. The molecule has 0 aliphatic heterocycles. The predicted molar refractivity (Wildman–Crippen MR) is 117 cm³/mol. The van der Waals surface area contributed by atoms with E-state index in [2.05, 4.69) is 25.8 Å². The molecular weight excluding hydrogens is 426 g/mol. The third-order valence-electron chi connectivity index (χ3n) is 5.53. The molecule has 1 aliphatic carbocycles. The van der Waals surface area contributed by atoms with Crippen LogP contribution in [0.25, 0.3) is 11.1 Å². The summed E-state index contributed by atoms with van der Waals surface area (Å²) in [7, 11) is 0. The molecule has 1 heterocycles. The Labute approximate surface area is 189 Å². The number of nitrogens with zero attached hydrogens (tertiary/aromatic N) is 2. The molecule has 4 N–H and O–H groups in total. The van der Waals surface area contributed by atoms with Gasteiger partial charge in [-0.3, -0.25) is 14.7 Å². The monoisotopic (exact) mass is 449 g/mol. The number of aliphatic carboxylic acids is 1. The molecule has 2 unspecified atom stereocenters. The summed E-state index contributed by atoms with van der Waals surface area (Å²) in [6.07, 6.45) is -0.175. The van der Waals surface area contributed by atoms with Crippen molar-refractivity contribution in [3.8, 4) is 11.1 Å². The molecule has 33 heavy (non-hydrogen) atoms. The van der Waals surface area contributed by atoms with Gasteiger partial charge in [0.1, 0.15) is 24.8 Å². The first-order chi connectivity index (χ1) is 15.9. The molecule has 10 nitrogen and oxygen atoms in total. The van der Waals surface area contributed by atoms with Gasteiger partial charge in [-0.1, -0.05) is 48.5 Å². The van der Waals surface area contributed by atoms with E-state index < -0.39 is 36.5 Å². The van der Waals surface area contributed by atoms with Crippen molar-refractivity contribution in [2.45, 2.75) is 31.3 Å². The van der Waals surface area contributed by atoms with E-state index in [-0.39, 0.29) is 12.5 Å². The normalized spacial score (nSPS) is 14.0. The number of carbonyl (C=O) groups is 3. The van der Waals surface area contributed by atoms with Gasteiger partial charge >= 0.3 is 12.1 Å². The highest BCUT2D eigenvalue weighted by Crippen LogP contribution is 2.44. The number of nitrogens with one attached hydrogen (secondary N) is 3. The third-order valence-corrected chi connectivity index (χ3v) is 5.53. The van der Waals surface area contributed by atoms with Crippen LogP contribution in [-0.2, 0) is 14.3 Å². The molecule has 1 aromatic heterocycles. The Morgan fingerprint density at radius 1 is 1.06 bits per heavy atom. The number of amides is 2. The Kier molecular flexibility index (Phi) is 6.34. The van der Waals surface area contributed by atoms with Crippen molar-refractivity contribution in [3.05, 3.63) is 71.8 Å². The van der Waals surface area contributed by atoms with Crippen LogP contribution in [0.4, 0.5) is 4.79 Å². The molecular formula is C23H23N5O5. The van der Waals surface area contributed by atoms with Crippen LogP contribution in [0, 0.1) is 0 Å². The number of aromatic nitrogens is 3. The molecule has 0 bridgehead atoms. The summed E-state index contributed by atoms with van der Waals surface area (Å²) < 4.78 is 5.43. The summed E-state index contributed by atoms with van der Waals surface area (Å²) >= 11 is 0. The zero-order valence-corrected chi connectivity index (χ0v) is 17.8. The van der Waals surface area contributed by atoms with E-state index in [1.807, 2.05) is 48.5 Å². The highest BCUT2D eigenvalue weighted by Gasteiger charge is 2.30. The fourth-order valence-corrected chi connectivity index (χ4v) is 3.97. The Hall–Kier alpha value is -4.21. The van der Waals surface area contributed by atoms with E-state index in [0.29, 0.717) is 5.82 Å². The number of carbonyl (C=O) groups excluding carboxylic acids is 2. The van der Waals surface area contributed by atoms with E-state index in [4.69, 9.17) is 4.74 Å². The molecule has 170 valence electrons. The number of aromatic amines is 1. The number of ether oxygens (including phenoxy) is 1. The van der Waals surface area contributed by atoms with Gasteiger partial charge in [0.25, 0.3) is 0 Å². The Bertz CT molecular complexity index is 1120. The second-order valence-corrected chi connectivity index (χ2v) is 7.72. The van der Waals surface area contributed by atoms with Crippen LogP contribution in [-0.4, -0.2) is 50.9 Å². The topological polar surface area (TPSA) is 146 Å². The highest BCUT2D eigenvalue weighted by atomic mass is 16.5. The van der Waals surface area contributed by atoms with Gasteiger partial charge in [0.15, 0.2) is 0 Å². The second-order valence-electron chi connectivity index (χ2n) is 7.72. The maximum Gasteiger partial charge on any atom is 0.407 e. The minimum atomic E-state index is -1.32. The lowest BCUT2D eigenvalue weighted by Crippen LogP contribution is -2.48. The molecule has 0 spiro atoms. The molecule has 0 saturated heterocycles. The molecule has 4 rings (SSSR count). The van der Waals surface area contributed by atoms with E-state index in [0.717, 1.165) is 22.3 Å². The van der Waals surface area contributed by atoms with Gasteiger partial charge < -0.3 is 20.5 Å². The Morgan fingerprint density at radius 3 is 2.27 bits per heavy atom. The maximum absolute atomic E-state index is 12.6. The molecule has 10 heteroatoms. The van der Waals surface area contributed by atoms with Crippen molar-refractivity contribution >= 4 is 18.0 Å². The smallest absolute Gasteiger partial charge is 0.407 e. The van der Waals surface area contributed by atoms with Gasteiger partial charge in [-0.25, -0.2) is 9.78 Å². The Morgan fingerprint density at radius 2 is 1.70 bits per heavy atom. The highest BCUT2D eigenvalue weighted by molar-refractivity contribution is 5.89. The summed E-state index contributed by atoms with van der Waals surface area (Å²) in [5.41, 5.74) is 4.28. The SMILES string of the molecule is CC(NC(=O)C(CC(=O)O)NC(=O)OCC1c2ccccc2-c2ccccc21)c1ncn[nH]1. The lowest BCUT2D eigenvalue weighted by atomic mass is 9.98. The minimum Gasteiger partial charge on any atom is -0.481 e. The molecule has 2 amide bonds. The first-order valence-corrected chi connectivity index (χ1v) is 10.4. The first-order valence-electron chi connectivity index (χ1n) is 10.4. The Balaban J connectivity index is 1.41. The number of benzene rings is 2. The standard InChI is InChI=1S/C23H23N5O5/c1-13(21-24-12-25-28-21)26-22(31)19(10-20(29)30)27-23(32)33-11-18-16-8-4-2-6-14(16)15-7-3-5-9-17(15)18/h2-9,12-13,18-19H,10-11H2,1H3,(H,26,31)(H,27,32)(H,29,30)(H,24,25,28). The van der Waals surface area contributed by atoms with Gasteiger partial charge in [-0.2, -0.15) is 5.10 Å². The van der Waals surface area contributed by atoms with Crippen LogP contribution < -0.4 is 10.6 Å². The lowest BCUT2D eigenvalue weighted by Gasteiger charge is -2.20. The second kappa shape index (κ2) is 9.51. The summed E-state index contributed by atoms with van der Waals surface area (Å²) in [4.78, 5) is 40.3. The van der Waals surface area contributed by atoms with Crippen molar-refractivity contribution < 1.29 is 24.2 Å². The minimum absolute atomic E-state index is 0.0513. The molecule has 0 saturated carbocycles. The number of H-pyrrole nitrogens is 1. The van der Waals surface area contributed by atoms with E-state index >= 15 is 0 Å². The largest absolute Gasteiger partial charge is 0.481 e. The number of carboxylic acid groups (broad SMARTS) is 1. The summed E-state index contributed by atoms with van der Waals surface area (Å²) in [6, 6.07) is 13.9. The molecule has 2 atom stereocenters. The van der Waals surface area contributed by atoms with Crippen LogP contribution in [0.15, 0.2) is 54.9 Å². The number of hydrogen-bond acceptors (Lipinski definition) is 6. The van der Waals surface area contributed by atoms with Crippen molar-refractivity contribution in [1.82, 2.24) is 25.8 Å². The van der Waals surface area contributed by atoms with Crippen molar-refractivity contribution in [1.29, 1.82) is 0 Å². The fourth-order valence-electron chi connectivity index (χ4n) is 3.97. The molecule has 2 aromatic carbocycles. The molecule has 0 fully saturated rings. The van der Waals surface area contributed by atoms with Gasteiger partial charge in [0.2, 0.25) is 5.91 Å². The predicted octanol–water partition coefficient (Wildman–Crippen LogP) is 2.36. The van der Waals surface area contributed by atoms with Gasteiger partial charge in [-0.05, 0) is 29.2 Å². The van der Waals surface area contributed by atoms with E-state index in [9.17, 15) is 19.5 Å². The van der Waals surface area contributed by atoms with Crippen molar-refractivity contribution in [2.24, 2.45) is 0 Å². The number of fused-ring (bicyclic) bond motifs is 3. The summed E-state index contributed by atoms with van der Waals surface area (Å²) in [5.74, 6) is -1.66. The molecule has 1 aliphatic rings.